The van der Waals surface area contributed by atoms with E-state index < -0.39 is 0 Å². The summed E-state index contributed by atoms with van der Waals surface area (Å²) in [5, 5.41) is 3.89. The number of nitrogen functional groups attached to an aromatic ring is 1. The molecule has 1 aromatic carbocycles. The molecule has 0 spiro atoms. The van der Waals surface area contributed by atoms with Gasteiger partial charge in [-0.1, -0.05) is 24.1 Å². The highest BCUT2D eigenvalue weighted by Crippen LogP contribution is 2.25. The first kappa shape index (κ1) is 13.6. The number of halogens is 1. The number of hydrogen-bond acceptors (Lipinski definition) is 3. The number of anilines is 1. The minimum absolute atomic E-state index is 0.138. The summed E-state index contributed by atoms with van der Waals surface area (Å²) in [4.78, 5) is 12.0. The molecule has 1 fully saturated rings. The maximum Gasteiger partial charge on any atom is 0.253 e. The van der Waals surface area contributed by atoms with Crippen LogP contribution in [0.4, 0.5) is 5.69 Å². The van der Waals surface area contributed by atoms with Crippen molar-refractivity contribution in [2.75, 3.05) is 18.0 Å². The second-order valence-corrected chi connectivity index (χ2v) is 6.22. The number of nitrogens with two attached hydrogens (primary N) is 1. The third-order valence-corrected chi connectivity index (χ3v) is 4.79. The Labute approximate surface area is 116 Å². The molecule has 0 radical (unpaired) electrons. The van der Waals surface area contributed by atoms with Gasteiger partial charge in [-0.2, -0.15) is 11.8 Å². The number of rotatable bonds is 3. The number of thioether (sulfide) groups is 1. The van der Waals surface area contributed by atoms with Crippen LogP contribution in [-0.4, -0.2) is 23.5 Å². The van der Waals surface area contributed by atoms with Crippen molar-refractivity contribution < 1.29 is 4.79 Å². The molecule has 0 aromatic heterocycles. The summed E-state index contributed by atoms with van der Waals surface area (Å²) in [6.45, 7) is 0.704. The van der Waals surface area contributed by atoms with Crippen LogP contribution in [0.2, 0.25) is 5.02 Å². The van der Waals surface area contributed by atoms with E-state index in [1.807, 2.05) is 11.8 Å². The Morgan fingerprint density at radius 2 is 2.33 bits per heavy atom. The number of amides is 1. The minimum Gasteiger partial charge on any atom is -0.397 e. The van der Waals surface area contributed by atoms with Crippen molar-refractivity contribution in [3.8, 4) is 0 Å². The van der Waals surface area contributed by atoms with E-state index in [9.17, 15) is 4.79 Å². The lowest BCUT2D eigenvalue weighted by Gasteiger charge is -2.21. The summed E-state index contributed by atoms with van der Waals surface area (Å²) in [6, 6.07) is 5.12. The van der Waals surface area contributed by atoms with Gasteiger partial charge in [0.25, 0.3) is 5.91 Å². The predicted octanol–water partition coefficient (Wildman–Crippen LogP) is 2.94. The van der Waals surface area contributed by atoms with Crippen molar-refractivity contribution in [1.29, 1.82) is 0 Å². The quantitative estimate of drug-likeness (QED) is 0.839. The minimum atomic E-state index is -0.138. The Bertz CT molecular complexity index is 433. The van der Waals surface area contributed by atoms with Crippen molar-refractivity contribution in [1.82, 2.24) is 5.32 Å². The molecule has 0 aliphatic carbocycles. The van der Waals surface area contributed by atoms with Crippen molar-refractivity contribution in [3.05, 3.63) is 28.8 Å². The number of hydrogen-bond donors (Lipinski definition) is 2. The zero-order valence-electron chi connectivity index (χ0n) is 10.1. The normalized spacial score (nSPS) is 19.5. The highest BCUT2D eigenvalue weighted by Gasteiger charge is 2.16. The molecule has 1 amide bonds. The van der Waals surface area contributed by atoms with Gasteiger partial charge in [0.05, 0.1) is 16.3 Å². The largest absolute Gasteiger partial charge is 0.397 e. The lowest BCUT2D eigenvalue weighted by atomic mass is 10.1. The monoisotopic (exact) mass is 284 g/mol. The van der Waals surface area contributed by atoms with Crippen LogP contribution in [0.1, 0.15) is 29.6 Å². The standard InChI is InChI=1S/C13H17ClN2OS/c14-11-6-3-5-10(12(11)15)13(17)16-8-9-4-1-2-7-18-9/h3,5-6,9H,1-2,4,7-8,15H2,(H,16,17). The van der Waals surface area contributed by atoms with Gasteiger partial charge >= 0.3 is 0 Å². The lowest BCUT2D eigenvalue weighted by Crippen LogP contribution is -2.32. The topological polar surface area (TPSA) is 55.1 Å². The smallest absolute Gasteiger partial charge is 0.253 e. The number of carbonyl (C=O) groups is 1. The summed E-state index contributed by atoms with van der Waals surface area (Å²) in [5.41, 5.74) is 6.61. The molecule has 5 heteroatoms. The molecule has 1 saturated heterocycles. The van der Waals surface area contributed by atoms with E-state index in [0.717, 1.165) is 0 Å². The van der Waals surface area contributed by atoms with E-state index in [-0.39, 0.29) is 5.91 Å². The van der Waals surface area contributed by atoms with E-state index >= 15 is 0 Å². The molecule has 1 aliphatic rings. The molecule has 1 aliphatic heterocycles. The zero-order valence-corrected chi connectivity index (χ0v) is 11.7. The average molecular weight is 285 g/mol. The number of carbonyl (C=O) groups excluding carboxylic acids is 1. The Kier molecular flexibility index (Phi) is 4.78. The molecule has 0 saturated carbocycles. The van der Waals surface area contributed by atoms with Crippen molar-refractivity contribution in [3.63, 3.8) is 0 Å². The molecule has 3 nitrogen and oxygen atoms in total. The SMILES string of the molecule is Nc1c(Cl)cccc1C(=O)NCC1CCCCS1. The summed E-state index contributed by atoms with van der Waals surface area (Å²) in [7, 11) is 0. The first-order valence-corrected chi connectivity index (χ1v) is 7.55. The van der Waals surface area contributed by atoms with Crippen LogP contribution < -0.4 is 11.1 Å². The third-order valence-electron chi connectivity index (χ3n) is 3.06. The molecule has 1 unspecified atom stereocenters. The Balaban J connectivity index is 1.93. The molecule has 3 N–H and O–H groups in total. The van der Waals surface area contributed by atoms with Crippen LogP contribution in [0.15, 0.2) is 18.2 Å². The fourth-order valence-electron chi connectivity index (χ4n) is 2.01. The van der Waals surface area contributed by atoms with Crippen molar-refractivity contribution in [2.45, 2.75) is 24.5 Å². The van der Waals surface area contributed by atoms with Crippen LogP contribution in [0.5, 0.6) is 0 Å². The average Bonchev–Trinajstić information content (AvgIpc) is 2.40. The molecule has 98 valence electrons. The first-order valence-electron chi connectivity index (χ1n) is 6.12. The highest BCUT2D eigenvalue weighted by atomic mass is 35.5. The molecule has 1 heterocycles. The number of para-hydroxylation sites is 1. The van der Waals surface area contributed by atoms with Gasteiger partial charge < -0.3 is 11.1 Å². The summed E-state index contributed by atoms with van der Waals surface area (Å²) in [6.07, 6.45) is 3.72. The molecule has 0 bridgehead atoms. The fourth-order valence-corrected chi connectivity index (χ4v) is 3.42. The van der Waals surface area contributed by atoms with Crippen LogP contribution in [0.25, 0.3) is 0 Å². The molecule has 1 atom stereocenters. The second kappa shape index (κ2) is 6.34. The molecule has 18 heavy (non-hydrogen) atoms. The van der Waals surface area contributed by atoms with Crippen LogP contribution in [0, 0.1) is 0 Å². The van der Waals surface area contributed by atoms with E-state index in [1.165, 1.54) is 25.0 Å². The molecule has 2 rings (SSSR count). The molecular formula is C13H17ClN2OS. The van der Waals surface area contributed by atoms with Gasteiger partial charge in [0.2, 0.25) is 0 Å². The second-order valence-electron chi connectivity index (χ2n) is 4.40. The summed E-state index contributed by atoms with van der Waals surface area (Å²) in [5.74, 6) is 1.06. The Hall–Kier alpha value is -0.870. The number of benzene rings is 1. The third kappa shape index (κ3) is 3.33. The van der Waals surface area contributed by atoms with Gasteiger partial charge in [0, 0.05) is 11.8 Å². The van der Waals surface area contributed by atoms with Crippen molar-refractivity contribution >= 4 is 35.0 Å². The maximum atomic E-state index is 12.0. The number of nitrogens with one attached hydrogen (secondary N) is 1. The van der Waals surface area contributed by atoms with E-state index in [0.29, 0.717) is 28.1 Å². The maximum absolute atomic E-state index is 12.0. The van der Waals surface area contributed by atoms with E-state index in [4.69, 9.17) is 17.3 Å². The van der Waals surface area contributed by atoms with Gasteiger partial charge in [-0.25, -0.2) is 0 Å². The van der Waals surface area contributed by atoms with Gasteiger partial charge in [-0.3, -0.25) is 4.79 Å². The first-order chi connectivity index (χ1) is 8.68. The van der Waals surface area contributed by atoms with Gasteiger partial charge in [0.15, 0.2) is 0 Å². The summed E-state index contributed by atoms with van der Waals surface area (Å²) < 4.78 is 0. The molecule has 1 aromatic rings. The zero-order chi connectivity index (χ0) is 13.0. The highest BCUT2D eigenvalue weighted by molar-refractivity contribution is 7.99. The van der Waals surface area contributed by atoms with Crippen LogP contribution >= 0.6 is 23.4 Å². The van der Waals surface area contributed by atoms with Crippen molar-refractivity contribution in [2.24, 2.45) is 0 Å². The fraction of sp³-hybridized carbons (Fsp3) is 0.462. The van der Waals surface area contributed by atoms with Gasteiger partial charge in [0.1, 0.15) is 0 Å². The lowest BCUT2D eigenvalue weighted by molar-refractivity contribution is 0.0954. The molecular weight excluding hydrogens is 268 g/mol. The Morgan fingerprint density at radius 1 is 1.50 bits per heavy atom. The van der Waals surface area contributed by atoms with Crippen LogP contribution in [0.3, 0.4) is 0 Å². The van der Waals surface area contributed by atoms with E-state index in [2.05, 4.69) is 5.32 Å². The van der Waals surface area contributed by atoms with E-state index in [1.54, 1.807) is 18.2 Å². The predicted molar refractivity (Wildman–Crippen MR) is 78.3 cm³/mol. The summed E-state index contributed by atoms with van der Waals surface area (Å²) >= 11 is 7.83. The Morgan fingerprint density at radius 3 is 3.06 bits per heavy atom. The van der Waals surface area contributed by atoms with Gasteiger partial charge in [-0.15, -0.1) is 0 Å². The van der Waals surface area contributed by atoms with Gasteiger partial charge in [-0.05, 0) is 30.7 Å². The van der Waals surface area contributed by atoms with Crippen LogP contribution in [-0.2, 0) is 0 Å².